The largest absolute Gasteiger partial charge is 0.478 e. The van der Waals surface area contributed by atoms with Gasteiger partial charge in [-0.25, -0.2) is 9.18 Å². The molecule has 0 bridgehead atoms. The van der Waals surface area contributed by atoms with Gasteiger partial charge in [0.15, 0.2) is 0 Å². The number of aliphatic carboxylic acids is 1. The molecule has 2 rings (SSSR count). The van der Waals surface area contributed by atoms with Gasteiger partial charge in [-0.3, -0.25) is 0 Å². The summed E-state index contributed by atoms with van der Waals surface area (Å²) >= 11 is 5.74. The Kier molecular flexibility index (Phi) is 4.02. The van der Waals surface area contributed by atoms with Gasteiger partial charge in [0, 0.05) is 10.6 Å². The van der Waals surface area contributed by atoms with Gasteiger partial charge in [0.25, 0.3) is 0 Å². The van der Waals surface area contributed by atoms with Crippen molar-refractivity contribution in [1.82, 2.24) is 0 Å². The Hall–Kier alpha value is -2.07. The van der Waals surface area contributed by atoms with Crippen LogP contribution < -0.4 is 4.74 Å². The summed E-state index contributed by atoms with van der Waals surface area (Å²) in [6, 6.07) is 11.5. The van der Waals surface area contributed by atoms with Crippen LogP contribution in [0.3, 0.4) is 0 Å². The van der Waals surface area contributed by atoms with Crippen molar-refractivity contribution in [1.29, 1.82) is 0 Å². The van der Waals surface area contributed by atoms with E-state index in [0.29, 0.717) is 10.6 Å². The molecule has 19 heavy (non-hydrogen) atoms. The molecule has 0 fully saturated rings. The molecule has 0 aliphatic heterocycles. The van der Waals surface area contributed by atoms with E-state index in [4.69, 9.17) is 16.3 Å². The first-order valence-electron chi connectivity index (χ1n) is 5.47. The number of ether oxygens (including phenoxy) is 1. The van der Waals surface area contributed by atoms with Crippen LogP contribution in [0.15, 0.2) is 48.5 Å². The van der Waals surface area contributed by atoms with Crippen molar-refractivity contribution in [2.45, 2.75) is 6.10 Å². The first-order valence-corrected chi connectivity index (χ1v) is 5.84. The minimum atomic E-state index is -1.16. The third kappa shape index (κ3) is 3.45. The Bertz CT molecular complexity index is 566. The van der Waals surface area contributed by atoms with E-state index in [1.54, 1.807) is 24.3 Å². The van der Waals surface area contributed by atoms with Crippen molar-refractivity contribution in [2.75, 3.05) is 0 Å². The van der Waals surface area contributed by atoms with Gasteiger partial charge in [0.05, 0.1) is 0 Å². The number of hydrogen-bond acceptors (Lipinski definition) is 2. The van der Waals surface area contributed by atoms with Crippen LogP contribution in [0, 0.1) is 5.82 Å². The van der Waals surface area contributed by atoms with Crippen LogP contribution in [0.4, 0.5) is 4.39 Å². The third-order valence-corrected chi connectivity index (χ3v) is 2.72. The highest BCUT2D eigenvalue weighted by Gasteiger charge is 2.21. The molecular weight excluding hydrogens is 271 g/mol. The Morgan fingerprint density at radius 3 is 2.21 bits per heavy atom. The molecule has 0 spiro atoms. The van der Waals surface area contributed by atoms with Gasteiger partial charge in [0.1, 0.15) is 11.6 Å². The van der Waals surface area contributed by atoms with E-state index in [0.717, 1.165) is 0 Å². The summed E-state index contributed by atoms with van der Waals surface area (Å²) in [4.78, 5) is 11.2. The molecular formula is C14H10ClFO3. The highest BCUT2D eigenvalue weighted by atomic mass is 35.5. The fourth-order valence-corrected chi connectivity index (χ4v) is 1.67. The summed E-state index contributed by atoms with van der Waals surface area (Å²) in [5, 5.41) is 9.69. The number of carboxylic acid groups (broad SMARTS) is 1. The first-order chi connectivity index (χ1) is 9.06. The molecule has 0 saturated heterocycles. The summed E-state index contributed by atoms with van der Waals surface area (Å²) in [6.07, 6.45) is -1.16. The predicted molar refractivity (Wildman–Crippen MR) is 68.9 cm³/mol. The van der Waals surface area contributed by atoms with Crippen LogP contribution in [-0.2, 0) is 4.79 Å². The van der Waals surface area contributed by atoms with Gasteiger partial charge >= 0.3 is 5.97 Å². The maximum Gasteiger partial charge on any atom is 0.349 e. The standard InChI is InChI=1S/C14H10ClFO3/c15-10-3-1-9(2-4-10)13(14(17)18)19-12-7-5-11(16)6-8-12/h1-8,13H,(H,17,18)/t13-/m0/s1. The van der Waals surface area contributed by atoms with Gasteiger partial charge in [-0.2, -0.15) is 0 Å². The number of hydrogen-bond donors (Lipinski definition) is 1. The lowest BCUT2D eigenvalue weighted by Crippen LogP contribution is -2.18. The average molecular weight is 281 g/mol. The zero-order chi connectivity index (χ0) is 13.8. The topological polar surface area (TPSA) is 46.5 Å². The number of benzene rings is 2. The van der Waals surface area contributed by atoms with E-state index in [2.05, 4.69) is 0 Å². The number of halogens is 2. The van der Waals surface area contributed by atoms with E-state index in [-0.39, 0.29) is 5.75 Å². The van der Waals surface area contributed by atoms with E-state index in [9.17, 15) is 14.3 Å². The van der Waals surface area contributed by atoms with Crippen molar-refractivity contribution < 1.29 is 19.0 Å². The Labute approximate surface area is 114 Å². The molecule has 0 saturated carbocycles. The minimum Gasteiger partial charge on any atom is -0.478 e. The van der Waals surface area contributed by atoms with Gasteiger partial charge in [-0.05, 0) is 36.4 Å². The van der Waals surface area contributed by atoms with Gasteiger partial charge < -0.3 is 9.84 Å². The van der Waals surface area contributed by atoms with Gasteiger partial charge in [-0.15, -0.1) is 0 Å². The maximum atomic E-state index is 12.8. The molecule has 3 nitrogen and oxygen atoms in total. The van der Waals surface area contributed by atoms with Crippen molar-refractivity contribution in [3.8, 4) is 5.75 Å². The van der Waals surface area contributed by atoms with Crippen LogP contribution in [0.5, 0.6) is 5.75 Å². The van der Waals surface area contributed by atoms with Crippen molar-refractivity contribution in [3.05, 3.63) is 64.9 Å². The highest BCUT2D eigenvalue weighted by molar-refractivity contribution is 6.30. The predicted octanol–water partition coefficient (Wildman–Crippen LogP) is 3.68. The molecule has 0 radical (unpaired) electrons. The lowest BCUT2D eigenvalue weighted by Gasteiger charge is -2.15. The zero-order valence-electron chi connectivity index (χ0n) is 9.72. The molecule has 0 unspecified atom stereocenters. The molecule has 0 amide bonds. The summed E-state index contributed by atoms with van der Waals surface area (Å²) in [5.74, 6) is -1.26. The van der Waals surface area contributed by atoms with Crippen LogP contribution in [-0.4, -0.2) is 11.1 Å². The minimum absolute atomic E-state index is 0.281. The Morgan fingerprint density at radius 2 is 1.68 bits per heavy atom. The fourth-order valence-electron chi connectivity index (χ4n) is 1.55. The van der Waals surface area contributed by atoms with Crippen molar-refractivity contribution in [3.63, 3.8) is 0 Å². The average Bonchev–Trinajstić information content (AvgIpc) is 2.39. The molecule has 2 aromatic rings. The SMILES string of the molecule is O=C(O)[C@@H](Oc1ccc(F)cc1)c1ccc(Cl)cc1. The summed E-state index contributed by atoms with van der Waals surface area (Å²) < 4.78 is 18.1. The summed E-state index contributed by atoms with van der Waals surface area (Å²) in [5.41, 5.74) is 0.459. The first kappa shape index (κ1) is 13.4. The second-order valence-electron chi connectivity index (χ2n) is 3.84. The van der Waals surface area contributed by atoms with Gasteiger partial charge in [-0.1, -0.05) is 23.7 Å². The van der Waals surface area contributed by atoms with Crippen LogP contribution in [0.2, 0.25) is 5.02 Å². The van der Waals surface area contributed by atoms with Crippen LogP contribution >= 0.6 is 11.6 Å². The zero-order valence-corrected chi connectivity index (χ0v) is 10.5. The molecule has 98 valence electrons. The Morgan fingerprint density at radius 1 is 1.11 bits per heavy atom. The van der Waals surface area contributed by atoms with E-state index in [1.165, 1.54) is 24.3 Å². The lowest BCUT2D eigenvalue weighted by molar-refractivity contribution is -0.145. The second-order valence-corrected chi connectivity index (χ2v) is 4.28. The molecule has 2 aromatic carbocycles. The smallest absolute Gasteiger partial charge is 0.349 e. The summed E-state index contributed by atoms with van der Waals surface area (Å²) in [7, 11) is 0. The number of carbonyl (C=O) groups is 1. The normalized spacial score (nSPS) is 11.9. The van der Waals surface area contributed by atoms with E-state index in [1.807, 2.05) is 0 Å². The van der Waals surface area contributed by atoms with E-state index < -0.39 is 17.9 Å². The molecule has 0 aliphatic rings. The molecule has 0 aliphatic carbocycles. The van der Waals surface area contributed by atoms with Crippen molar-refractivity contribution >= 4 is 17.6 Å². The Balaban J connectivity index is 2.23. The number of rotatable bonds is 4. The lowest BCUT2D eigenvalue weighted by atomic mass is 10.1. The van der Waals surface area contributed by atoms with Crippen molar-refractivity contribution in [2.24, 2.45) is 0 Å². The monoisotopic (exact) mass is 280 g/mol. The third-order valence-electron chi connectivity index (χ3n) is 2.46. The molecule has 0 heterocycles. The molecule has 5 heteroatoms. The van der Waals surface area contributed by atoms with Crippen LogP contribution in [0.25, 0.3) is 0 Å². The maximum absolute atomic E-state index is 12.8. The quantitative estimate of drug-likeness (QED) is 0.929. The van der Waals surface area contributed by atoms with E-state index >= 15 is 0 Å². The highest BCUT2D eigenvalue weighted by Crippen LogP contribution is 2.23. The molecule has 1 atom stereocenters. The van der Waals surface area contributed by atoms with Gasteiger partial charge in [0.2, 0.25) is 6.10 Å². The summed E-state index contributed by atoms with van der Waals surface area (Å²) in [6.45, 7) is 0. The number of carboxylic acids is 1. The molecule has 1 N–H and O–H groups in total. The second kappa shape index (κ2) is 5.71. The molecule has 0 aromatic heterocycles. The van der Waals surface area contributed by atoms with Crippen LogP contribution in [0.1, 0.15) is 11.7 Å². The fraction of sp³-hybridized carbons (Fsp3) is 0.0714.